The van der Waals surface area contributed by atoms with Crippen molar-refractivity contribution < 1.29 is 35.1 Å². The quantitative estimate of drug-likeness (QED) is 0.329. The van der Waals surface area contributed by atoms with Gasteiger partial charge < -0.3 is 30.3 Å². The highest BCUT2D eigenvalue weighted by Gasteiger charge is 2.18. The van der Waals surface area contributed by atoms with E-state index < -0.39 is 18.2 Å². The number of ether oxygens (including phenoxy) is 1. The first-order valence-corrected chi connectivity index (χ1v) is 9.11. The SMILES string of the molecule is CC(=O)O[C@H](CCc1ccc(O)c(O)c1)C[C@H](O)CCc1ccc(O)c(O)c1. The van der Waals surface area contributed by atoms with Crippen molar-refractivity contribution in [1.29, 1.82) is 0 Å². The largest absolute Gasteiger partial charge is 0.504 e. The van der Waals surface area contributed by atoms with Crippen LogP contribution in [0.5, 0.6) is 23.0 Å². The van der Waals surface area contributed by atoms with Crippen molar-refractivity contribution in [3.05, 3.63) is 47.5 Å². The first-order valence-electron chi connectivity index (χ1n) is 9.11. The minimum atomic E-state index is -0.714. The number of aliphatic hydroxyl groups excluding tert-OH is 1. The molecule has 152 valence electrons. The molecule has 2 aromatic rings. The Morgan fingerprint density at radius 1 is 0.857 bits per heavy atom. The molecule has 0 saturated heterocycles. The van der Waals surface area contributed by atoms with Gasteiger partial charge in [0.25, 0.3) is 0 Å². The predicted octanol–water partition coefficient (Wildman–Crippen LogP) is 2.76. The van der Waals surface area contributed by atoms with E-state index in [2.05, 4.69) is 0 Å². The summed E-state index contributed by atoms with van der Waals surface area (Å²) in [6.45, 7) is 1.31. The van der Waals surface area contributed by atoms with Crippen LogP contribution in [-0.2, 0) is 22.4 Å². The van der Waals surface area contributed by atoms with Crippen LogP contribution in [0.3, 0.4) is 0 Å². The Balaban J connectivity index is 1.89. The van der Waals surface area contributed by atoms with Crippen LogP contribution >= 0.6 is 0 Å². The molecule has 0 bridgehead atoms. The van der Waals surface area contributed by atoms with Crippen molar-refractivity contribution in [3.63, 3.8) is 0 Å². The summed E-state index contributed by atoms with van der Waals surface area (Å²) in [5.74, 6) is -1.25. The van der Waals surface area contributed by atoms with Gasteiger partial charge >= 0.3 is 5.97 Å². The number of hydrogen-bond acceptors (Lipinski definition) is 7. The topological polar surface area (TPSA) is 127 Å². The van der Waals surface area contributed by atoms with Crippen LogP contribution in [0, 0.1) is 0 Å². The van der Waals surface area contributed by atoms with Gasteiger partial charge in [0.05, 0.1) is 6.10 Å². The molecule has 0 saturated carbocycles. The van der Waals surface area contributed by atoms with Crippen LogP contribution < -0.4 is 0 Å². The Morgan fingerprint density at radius 2 is 1.36 bits per heavy atom. The highest BCUT2D eigenvalue weighted by Crippen LogP contribution is 2.27. The molecule has 5 N–H and O–H groups in total. The van der Waals surface area contributed by atoms with Crippen molar-refractivity contribution in [2.45, 2.75) is 51.2 Å². The summed E-state index contributed by atoms with van der Waals surface area (Å²) < 4.78 is 5.30. The maximum absolute atomic E-state index is 11.4. The zero-order valence-corrected chi connectivity index (χ0v) is 15.7. The molecule has 0 unspecified atom stereocenters. The van der Waals surface area contributed by atoms with Crippen LogP contribution in [0.25, 0.3) is 0 Å². The van der Waals surface area contributed by atoms with Crippen LogP contribution in [-0.4, -0.2) is 43.7 Å². The number of phenolic OH excluding ortho intramolecular Hbond substituents is 4. The molecule has 0 aromatic heterocycles. The number of phenols is 4. The van der Waals surface area contributed by atoms with Crippen LogP contribution in [0.1, 0.15) is 37.3 Å². The van der Waals surface area contributed by atoms with Gasteiger partial charge in [0.1, 0.15) is 6.10 Å². The van der Waals surface area contributed by atoms with Crippen molar-refractivity contribution >= 4 is 5.97 Å². The van der Waals surface area contributed by atoms with Gasteiger partial charge in [-0.15, -0.1) is 0 Å². The van der Waals surface area contributed by atoms with Gasteiger partial charge in [-0.05, 0) is 61.1 Å². The summed E-state index contributed by atoms with van der Waals surface area (Å²) in [6, 6.07) is 9.03. The third kappa shape index (κ3) is 6.66. The van der Waals surface area contributed by atoms with Gasteiger partial charge in [-0.3, -0.25) is 4.79 Å². The Labute approximate surface area is 163 Å². The van der Waals surface area contributed by atoms with E-state index in [0.29, 0.717) is 25.7 Å². The molecule has 0 amide bonds. The van der Waals surface area contributed by atoms with Gasteiger partial charge in [-0.25, -0.2) is 0 Å². The molecule has 2 aromatic carbocycles. The van der Waals surface area contributed by atoms with Crippen molar-refractivity contribution in [1.82, 2.24) is 0 Å². The van der Waals surface area contributed by atoms with E-state index in [1.165, 1.54) is 31.2 Å². The van der Waals surface area contributed by atoms with Gasteiger partial charge in [0.2, 0.25) is 0 Å². The zero-order valence-electron chi connectivity index (χ0n) is 15.7. The number of carbonyl (C=O) groups is 1. The lowest BCUT2D eigenvalue weighted by Gasteiger charge is -2.20. The van der Waals surface area contributed by atoms with Crippen LogP contribution in [0.15, 0.2) is 36.4 Å². The monoisotopic (exact) mass is 390 g/mol. The lowest BCUT2D eigenvalue weighted by atomic mass is 9.98. The molecule has 7 heteroatoms. The van der Waals surface area contributed by atoms with E-state index >= 15 is 0 Å². The van der Waals surface area contributed by atoms with E-state index in [-0.39, 0.29) is 29.4 Å². The molecule has 0 fully saturated rings. The van der Waals surface area contributed by atoms with Gasteiger partial charge in [-0.1, -0.05) is 12.1 Å². The summed E-state index contributed by atoms with van der Waals surface area (Å²) in [7, 11) is 0. The lowest BCUT2D eigenvalue weighted by Crippen LogP contribution is -2.24. The summed E-state index contributed by atoms with van der Waals surface area (Å²) in [4.78, 5) is 11.4. The summed E-state index contributed by atoms with van der Waals surface area (Å²) in [5, 5.41) is 48.1. The highest BCUT2D eigenvalue weighted by atomic mass is 16.5. The van der Waals surface area contributed by atoms with Crippen molar-refractivity contribution in [2.75, 3.05) is 0 Å². The molecule has 0 spiro atoms. The normalized spacial score (nSPS) is 13.1. The number of aryl methyl sites for hydroxylation is 2. The second kappa shape index (κ2) is 9.85. The molecule has 7 nitrogen and oxygen atoms in total. The second-order valence-electron chi connectivity index (χ2n) is 6.84. The van der Waals surface area contributed by atoms with E-state index in [1.807, 2.05) is 0 Å². The summed E-state index contributed by atoms with van der Waals surface area (Å²) >= 11 is 0. The number of esters is 1. The van der Waals surface area contributed by atoms with E-state index in [9.17, 15) is 30.3 Å². The molecule has 0 aliphatic rings. The molecule has 0 heterocycles. The Hall–Kier alpha value is -2.93. The number of hydrogen-bond donors (Lipinski definition) is 5. The van der Waals surface area contributed by atoms with Gasteiger partial charge in [0, 0.05) is 13.3 Å². The van der Waals surface area contributed by atoms with E-state index in [1.54, 1.807) is 12.1 Å². The number of aromatic hydroxyl groups is 4. The molecule has 2 rings (SSSR count). The third-order valence-corrected chi connectivity index (χ3v) is 4.47. The molecule has 0 aliphatic carbocycles. The summed E-state index contributed by atoms with van der Waals surface area (Å²) in [5.41, 5.74) is 1.56. The number of benzene rings is 2. The van der Waals surface area contributed by atoms with Crippen LogP contribution in [0.4, 0.5) is 0 Å². The van der Waals surface area contributed by atoms with E-state index in [4.69, 9.17) is 4.74 Å². The van der Waals surface area contributed by atoms with E-state index in [0.717, 1.165) is 11.1 Å². The summed E-state index contributed by atoms with van der Waals surface area (Å²) in [6.07, 6.45) is 0.916. The fourth-order valence-corrected chi connectivity index (χ4v) is 2.99. The van der Waals surface area contributed by atoms with Crippen molar-refractivity contribution in [2.24, 2.45) is 0 Å². The van der Waals surface area contributed by atoms with Crippen molar-refractivity contribution in [3.8, 4) is 23.0 Å². The number of carbonyl (C=O) groups excluding carboxylic acids is 1. The standard InChI is InChI=1S/C21H26O7/c1-13(22)28-17(7-3-15-5-9-19(25)21(27)11-15)12-16(23)6-2-14-4-8-18(24)20(26)10-14/h4-5,8-11,16-17,23-27H,2-3,6-7,12H2,1H3/t16-,17-/m1/s1. The van der Waals surface area contributed by atoms with Gasteiger partial charge in [-0.2, -0.15) is 0 Å². The number of rotatable bonds is 9. The third-order valence-electron chi connectivity index (χ3n) is 4.47. The predicted molar refractivity (Wildman–Crippen MR) is 102 cm³/mol. The molecule has 28 heavy (non-hydrogen) atoms. The Morgan fingerprint density at radius 3 is 1.82 bits per heavy atom. The minimum Gasteiger partial charge on any atom is -0.504 e. The Kier molecular flexibility index (Phi) is 7.52. The highest BCUT2D eigenvalue weighted by molar-refractivity contribution is 5.66. The maximum Gasteiger partial charge on any atom is 0.302 e. The Bertz CT molecular complexity index is 803. The molecule has 0 radical (unpaired) electrons. The maximum atomic E-state index is 11.4. The van der Waals surface area contributed by atoms with Gasteiger partial charge in [0.15, 0.2) is 23.0 Å². The molecule has 2 atom stereocenters. The average Bonchev–Trinajstić information content (AvgIpc) is 2.63. The molecular formula is C21H26O7. The minimum absolute atomic E-state index is 0.195. The lowest BCUT2D eigenvalue weighted by molar-refractivity contribution is -0.148. The average molecular weight is 390 g/mol. The fraction of sp³-hybridized carbons (Fsp3) is 0.381. The first kappa shape index (κ1) is 21.4. The van der Waals surface area contributed by atoms with Crippen LogP contribution in [0.2, 0.25) is 0 Å². The molecule has 0 aliphatic heterocycles. The smallest absolute Gasteiger partial charge is 0.302 e. The first-order chi connectivity index (χ1) is 13.2. The fourth-order valence-electron chi connectivity index (χ4n) is 2.99. The zero-order chi connectivity index (χ0) is 20.7. The second-order valence-corrected chi connectivity index (χ2v) is 6.84. The number of aliphatic hydroxyl groups is 1. The molecular weight excluding hydrogens is 364 g/mol.